The number of aromatic nitrogens is 1. The Hall–Kier alpha value is -6.53. The van der Waals surface area contributed by atoms with Gasteiger partial charge in [0.25, 0.3) is 0 Å². The molecule has 4 nitrogen and oxygen atoms in total. The lowest BCUT2D eigenvalue weighted by Gasteiger charge is -2.25. The number of ether oxygens (including phenoxy) is 1. The van der Waals surface area contributed by atoms with Gasteiger partial charge in [-0.1, -0.05) is 157 Å². The third-order valence-corrected chi connectivity index (χ3v) is 11.9. The van der Waals surface area contributed by atoms with E-state index in [0.29, 0.717) is 11.3 Å². The minimum Gasteiger partial charge on any atom is -0.497 e. The first-order valence-electron chi connectivity index (χ1n) is 20.3. The van der Waals surface area contributed by atoms with Gasteiger partial charge in [-0.05, 0) is 85.3 Å². The van der Waals surface area contributed by atoms with Crippen molar-refractivity contribution >= 4 is 41.2 Å². The second kappa shape index (κ2) is 14.4. The predicted octanol–water partition coefficient (Wildman–Crippen LogP) is 12.6. The number of nitrogens with zero attached hydrogens (tertiary/aromatic N) is 2. The van der Waals surface area contributed by atoms with E-state index in [2.05, 4.69) is 145 Å². The second-order valence-corrected chi connectivity index (χ2v) is 17.7. The van der Waals surface area contributed by atoms with E-state index in [1.165, 1.54) is 11.1 Å². The van der Waals surface area contributed by atoms with Crippen LogP contribution in [0.4, 0.5) is 4.32 Å². The van der Waals surface area contributed by atoms with Gasteiger partial charge in [0.05, 0.1) is 23.9 Å². The summed E-state index contributed by atoms with van der Waals surface area (Å²) < 4.78 is 28.1. The molecule has 6 aromatic carbocycles. The second-order valence-electron chi connectivity index (χ2n) is 17.7. The summed E-state index contributed by atoms with van der Waals surface area (Å²) in [5.41, 5.74) is 13.5. The highest BCUT2D eigenvalue weighted by Crippen LogP contribution is 2.50. The number of rotatable bonds is 7. The average Bonchev–Trinajstić information content (AvgIpc) is 3.84. The van der Waals surface area contributed by atoms with Gasteiger partial charge >= 0.3 is 7.26 Å². The van der Waals surface area contributed by atoms with Gasteiger partial charge < -0.3 is 4.74 Å². The standard InChI is InChI=1S/C53H47BFN2O2/c1-52(2,3)40-25-19-36(20-26-40)45-31-48(39-21-27-41(28-22-39)53(4,5)6)57-50(45)49(44-14-10-12-35-11-8-9-13-43(35)44)51-46(37-23-29-42(59-7)30-24-37)32-47(56(51)54(57)55)38-17-15-34(33-58)16-18-38/h8-33H,1-7H3/q+1. The number of fused-ring (bicyclic) bond motifs is 3. The molecule has 0 aliphatic carbocycles. The molecule has 59 heavy (non-hydrogen) atoms. The van der Waals surface area contributed by atoms with Gasteiger partial charge in [-0.15, -0.1) is 0 Å². The van der Waals surface area contributed by atoms with Gasteiger partial charge in [0.1, 0.15) is 12.0 Å². The zero-order valence-electron chi connectivity index (χ0n) is 34.7. The molecule has 0 fully saturated rings. The van der Waals surface area contributed by atoms with E-state index in [9.17, 15) is 4.79 Å². The monoisotopic (exact) mass is 773 g/mol. The van der Waals surface area contributed by atoms with Crippen molar-refractivity contribution in [1.82, 2.24) is 4.48 Å². The van der Waals surface area contributed by atoms with Crippen LogP contribution >= 0.6 is 0 Å². The minimum atomic E-state index is -1.63. The average molecular weight is 774 g/mol. The van der Waals surface area contributed by atoms with Gasteiger partial charge in [0.2, 0.25) is 5.70 Å². The molecule has 0 bridgehead atoms. The molecule has 1 aromatic heterocycles. The van der Waals surface area contributed by atoms with Crippen molar-refractivity contribution in [3.8, 4) is 28.1 Å². The fourth-order valence-corrected chi connectivity index (χ4v) is 8.61. The number of aldehydes is 1. The largest absolute Gasteiger partial charge is 0.847 e. The van der Waals surface area contributed by atoms with Crippen LogP contribution in [0.2, 0.25) is 0 Å². The van der Waals surface area contributed by atoms with Gasteiger partial charge in [0, 0.05) is 28.5 Å². The molecule has 3 heterocycles. The molecule has 0 amide bonds. The van der Waals surface area contributed by atoms with Crippen molar-refractivity contribution in [3.05, 3.63) is 196 Å². The molecule has 7 aromatic rings. The number of carbonyl (C=O) groups is 1. The van der Waals surface area contributed by atoms with Crippen LogP contribution in [-0.2, 0) is 10.8 Å². The summed E-state index contributed by atoms with van der Waals surface area (Å²) in [5, 5.41) is 2.17. The van der Waals surface area contributed by atoms with E-state index < -0.39 is 7.26 Å². The Morgan fingerprint density at radius 2 is 1.22 bits per heavy atom. The van der Waals surface area contributed by atoms with Crippen LogP contribution in [0.5, 0.6) is 5.75 Å². The first kappa shape index (κ1) is 38.0. The molecule has 0 saturated carbocycles. The van der Waals surface area contributed by atoms with E-state index in [1.54, 1.807) is 19.2 Å². The minimum absolute atomic E-state index is 0.0304. The normalized spacial score (nSPS) is 14.1. The summed E-state index contributed by atoms with van der Waals surface area (Å²) in [6.45, 7) is 13.3. The molecule has 0 unspecified atom stereocenters. The molecular weight excluding hydrogens is 726 g/mol. The Balaban J connectivity index is 1.44. The maximum absolute atomic E-state index is 18.7. The maximum Gasteiger partial charge on any atom is 0.847 e. The third-order valence-electron chi connectivity index (χ3n) is 11.9. The Labute approximate surface area is 346 Å². The van der Waals surface area contributed by atoms with E-state index in [1.807, 2.05) is 45.4 Å². The number of hydrogen-bond donors (Lipinski definition) is 0. The number of benzene rings is 6. The summed E-state index contributed by atoms with van der Waals surface area (Å²) in [6.07, 6.45) is 2.94. The van der Waals surface area contributed by atoms with E-state index >= 15 is 4.32 Å². The maximum atomic E-state index is 18.7. The summed E-state index contributed by atoms with van der Waals surface area (Å²) >= 11 is 0. The third kappa shape index (κ3) is 6.57. The summed E-state index contributed by atoms with van der Waals surface area (Å²) in [4.78, 5) is 11.8. The lowest BCUT2D eigenvalue weighted by Crippen LogP contribution is -2.41. The van der Waals surface area contributed by atoms with Crippen molar-refractivity contribution in [1.29, 1.82) is 0 Å². The summed E-state index contributed by atoms with van der Waals surface area (Å²) in [7, 11) is 0.0281. The zero-order valence-corrected chi connectivity index (χ0v) is 34.7. The van der Waals surface area contributed by atoms with Gasteiger partial charge in [0.15, 0.2) is 5.71 Å². The van der Waals surface area contributed by atoms with Crippen molar-refractivity contribution in [2.45, 2.75) is 52.4 Å². The summed E-state index contributed by atoms with van der Waals surface area (Å²) in [5.74, 6) is 0.741. The van der Waals surface area contributed by atoms with Gasteiger partial charge in [-0.2, -0.15) is 0 Å². The smallest absolute Gasteiger partial charge is 0.497 e. The Kier molecular flexibility index (Phi) is 9.27. The zero-order chi connectivity index (χ0) is 41.2. The fraction of sp³-hybridized carbons (Fsp3) is 0.170. The van der Waals surface area contributed by atoms with Gasteiger partial charge in [-0.3, -0.25) is 9.27 Å². The molecule has 0 saturated heterocycles. The van der Waals surface area contributed by atoms with Crippen LogP contribution in [0, 0.1) is 0 Å². The Morgan fingerprint density at radius 1 is 0.644 bits per heavy atom. The highest BCUT2D eigenvalue weighted by Gasteiger charge is 2.54. The lowest BCUT2D eigenvalue weighted by atomic mass is 9.82. The van der Waals surface area contributed by atoms with Crippen LogP contribution in [0.15, 0.2) is 157 Å². The Morgan fingerprint density at radius 3 is 1.83 bits per heavy atom. The van der Waals surface area contributed by atoms with Crippen LogP contribution < -0.4 is 4.74 Å². The molecular formula is C53H47BFN2O2+. The SMILES string of the molecule is COc1ccc(C2=CC(c3ccc(C=O)cc3)=[N+]3B(F)n4c(-c5ccc(C(C)(C)C)cc5)cc(-c5ccc(C(C)(C)C)cc5)c4C(c4cccc5ccccc45)=C23)cc1. The Bertz CT molecular complexity index is 2860. The molecule has 9 rings (SSSR count). The fourth-order valence-electron chi connectivity index (χ4n) is 8.61. The highest BCUT2D eigenvalue weighted by molar-refractivity contribution is 6.46. The van der Waals surface area contributed by atoms with E-state index in [-0.39, 0.29) is 10.8 Å². The van der Waals surface area contributed by atoms with Crippen LogP contribution in [0.3, 0.4) is 0 Å². The number of allylic oxidation sites excluding steroid dienone is 2. The number of methoxy groups -OCH3 is 1. The topological polar surface area (TPSA) is 34.2 Å². The van der Waals surface area contributed by atoms with Crippen molar-refractivity contribution in [2.24, 2.45) is 0 Å². The molecule has 0 N–H and O–H groups in total. The molecule has 0 atom stereocenters. The van der Waals surface area contributed by atoms with E-state index in [4.69, 9.17) is 4.74 Å². The molecule has 2 aliphatic heterocycles. The van der Waals surface area contributed by atoms with Crippen LogP contribution in [-0.4, -0.2) is 35.3 Å². The molecule has 0 radical (unpaired) electrons. The highest BCUT2D eigenvalue weighted by atomic mass is 19.1. The van der Waals surface area contributed by atoms with Crippen molar-refractivity contribution in [2.75, 3.05) is 7.11 Å². The number of hydrogen-bond acceptors (Lipinski definition) is 2. The van der Waals surface area contributed by atoms with Crippen molar-refractivity contribution in [3.63, 3.8) is 0 Å². The summed E-state index contributed by atoms with van der Waals surface area (Å²) in [6, 6.07) is 49.8. The number of carbonyl (C=O) groups excluding carboxylic acids is 1. The number of halogens is 1. The van der Waals surface area contributed by atoms with Crippen LogP contribution in [0.25, 0.3) is 44.3 Å². The molecule has 290 valence electrons. The quantitative estimate of drug-likeness (QED) is 0.119. The first-order valence-corrected chi connectivity index (χ1v) is 20.3. The van der Waals surface area contributed by atoms with Gasteiger partial charge in [-0.25, -0.2) is 8.80 Å². The lowest BCUT2D eigenvalue weighted by molar-refractivity contribution is -0.332. The predicted molar refractivity (Wildman–Crippen MR) is 242 cm³/mol. The first-order chi connectivity index (χ1) is 28.4. The molecule has 6 heteroatoms. The molecule has 0 spiro atoms. The van der Waals surface area contributed by atoms with Crippen LogP contribution in [0.1, 0.15) is 85.4 Å². The molecule has 2 aliphatic rings. The van der Waals surface area contributed by atoms with E-state index in [0.717, 1.165) is 84.4 Å². The van der Waals surface area contributed by atoms with Crippen molar-refractivity contribution < 1.29 is 18.3 Å².